The number of aryl methyl sites for hydroxylation is 1. The molecule has 0 aliphatic rings. The molecule has 5 nitrogen and oxygen atoms in total. The van der Waals surface area contributed by atoms with E-state index in [2.05, 4.69) is 11.1 Å². The second-order valence-corrected chi connectivity index (χ2v) is 6.85. The minimum atomic E-state index is 0.393. The van der Waals surface area contributed by atoms with E-state index in [0.717, 1.165) is 16.8 Å². The first-order chi connectivity index (χ1) is 13.6. The van der Waals surface area contributed by atoms with Crippen molar-refractivity contribution >= 4 is 23.0 Å². The highest BCUT2D eigenvalue weighted by molar-refractivity contribution is 7.11. The van der Waals surface area contributed by atoms with Crippen molar-refractivity contribution in [1.82, 2.24) is 4.98 Å². The van der Waals surface area contributed by atoms with Crippen molar-refractivity contribution in [2.24, 2.45) is 0 Å². The maximum absolute atomic E-state index is 9.53. The minimum absolute atomic E-state index is 0.393. The van der Waals surface area contributed by atoms with Gasteiger partial charge in [-0.05, 0) is 36.3 Å². The van der Waals surface area contributed by atoms with Gasteiger partial charge >= 0.3 is 0 Å². The molecule has 3 rings (SSSR count). The Morgan fingerprint density at radius 2 is 1.82 bits per heavy atom. The summed E-state index contributed by atoms with van der Waals surface area (Å²) in [6.07, 6.45) is 1.77. The van der Waals surface area contributed by atoms with Gasteiger partial charge in [0.05, 0.1) is 19.8 Å². The van der Waals surface area contributed by atoms with Crippen molar-refractivity contribution in [3.05, 3.63) is 69.7 Å². The van der Waals surface area contributed by atoms with Crippen LogP contribution in [0.1, 0.15) is 21.8 Å². The predicted octanol–water partition coefficient (Wildman–Crippen LogP) is 5.11. The second-order valence-electron chi connectivity index (χ2n) is 5.99. The number of methoxy groups -OCH3 is 2. The first-order valence-electron chi connectivity index (χ1n) is 8.61. The van der Waals surface area contributed by atoms with Gasteiger partial charge in [-0.3, -0.25) is 0 Å². The topological polar surface area (TPSA) is 64.4 Å². The smallest absolute Gasteiger partial charge is 0.203 e. The van der Waals surface area contributed by atoms with Crippen LogP contribution in [-0.2, 0) is 6.61 Å². The Hall–Kier alpha value is -3.30. The molecule has 0 fully saturated rings. The number of allylic oxidation sites excluding steroid dienone is 1. The summed E-state index contributed by atoms with van der Waals surface area (Å²) in [6, 6.07) is 15.7. The van der Waals surface area contributed by atoms with Gasteiger partial charge in [0, 0.05) is 11.1 Å². The quantitative estimate of drug-likeness (QED) is 0.523. The van der Waals surface area contributed by atoms with Gasteiger partial charge in [0.15, 0.2) is 11.5 Å². The molecule has 2 aromatic carbocycles. The number of nitriles is 1. The van der Waals surface area contributed by atoms with Crippen molar-refractivity contribution < 1.29 is 14.2 Å². The maximum atomic E-state index is 9.53. The van der Waals surface area contributed by atoms with E-state index in [4.69, 9.17) is 14.2 Å². The summed E-state index contributed by atoms with van der Waals surface area (Å²) >= 11 is 1.44. The zero-order chi connectivity index (χ0) is 19.9. The van der Waals surface area contributed by atoms with Crippen LogP contribution in [0, 0.1) is 18.3 Å². The maximum Gasteiger partial charge on any atom is 0.203 e. The Kier molecular flexibility index (Phi) is 6.30. The van der Waals surface area contributed by atoms with Gasteiger partial charge in [0.2, 0.25) is 5.75 Å². The molecule has 6 heteroatoms. The van der Waals surface area contributed by atoms with E-state index in [1.165, 1.54) is 11.3 Å². The van der Waals surface area contributed by atoms with Gasteiger partial charge < -0.3 is 14.2 Å². The van der Waals surface area contributed by atoms with E-state index in [1.807, 2.05) is 54.8 Å². The molecule has 0 saturated heterocycles. The molecule has 0 spiro atoms. The zero-order valence-corrected chi connectivity index (χ0v) is 16.7. The molecule has 1 heterocycles. The van der Waals surface area contributed by atoms with Crippen LogP contribution in [0.5, 0.6) is 17.2 Å². The summed E-state index contributed by atoms with van der Waals surface area (Å²) in [5.41, 5.74) is 3.19. The fourth-order valence-corrected chi connectivity index (χ4v) is 3.40. The summed E-state index contributed by atoms with van der Waals surface area (Å²) in [5, 5.41) is 12.1. The average molecular weight is 392 g/mol. The molecule has 0 aliphatic carbocycles. The highest BCUT2D eigenvalue weighted by atomic mass is 32.1. The monoisotopic (exact) mass is 392 g/mol. The van der Waals surface area contributed by atoms with Crippen LogP contribution in [0.15, 0.2) is 47.8 Å². The van der Waals surface area contributed by atoms with Gasteiger partial charge in [-0.1, -0.05) is 30.3 Å². The molecule has 0 atom stereocenters. The van der Waals surface area contributed by atoms with Crippen molar-refractivity contribution in [2.45, 2.75) is 13.5 Å². The molecule has 0 unspecified atom stereocenters. The molecule has 0 saturated carbocycles. The van der Waals surface area contributed by atoms with Crippen molar-refractivity contribution in [2.75, 3.05) is 14.2 Å². The van der Waals surface area contributed by atoms with E-state index in [-0.39, 0.29) is 0 Å². The van der Waals surface area contributed by atoms with Crippen LogP contribution in [-0.4, -0.2) is 19.2 Å². The van der Waals surface area contributed by atoms with E-state index >= 15 is 0 Å². The Bertz CT molecular complexity index is 995. The summed E-state index contributed by atoms with van der Waals surface area (Å²) < 4.78 is 17.0. The highest BCUT2D eigenvalue weighted by Gasteiger charge is 2.15. The lowest BCUT2D eigenvalue weighted by Gasteiger charge is -2.15. The van der Waals surface area contributed by atoms with E-state index in [1.54, 1.807) is 20.3 Å². The minimum Gasteiger partial charge on any atom is -0.493 e. The number of ether oxygens (including phenoxy) is 3. The third-order valence-electron chi connectivity index (χ3n) is 3.99. The number of thiazole rings is 1. The molecule has 1 aromatic heterocycles. The highest BCUT2D eigenvalue weighted by Crippen LogP contribution is 2.40. The van der Waals surface area contributed by atoms with Gasteiger partial charge in [-0.25, -0.2) is 4.98 Å². The fraction of sp³-hybridized carbons (Fsp3) is 0.182. The lowest BCUT2D eigenvalue weighted by Crippen LogP contribution is -2.00. The van der Waals surface area contributed by atoms with Gasteiger partial charge in [-0.15, -0.1) is 11.3 Å². The number of aromatic nitrogens is 1. The third-order valence-corrected chi connectivity index (χ3v) is 4.98. The first-order valence-corrected chi connectivity index (χ1v) is 9.49. The first kappa shape index (κ1) is 19.5. The normalized spacial score (nSPS) is 11.0. The lowest BCUT2D eigenvalue weighted by atomic mass is 10.1. The standard InChI is InChI=1S/C22H20N2O3S/c1-15-14-28-22(24-15)18(12-23)9-17-10-19(25-2)21(20(11-17)26-3)27-13-16-7-5-4-6-8-16/h4-11,14H,13H2,1-3H3/b18-9+. The lowest BCUT2D eigenvalue weighted by molar-refractivity contribution is 0.266. The molecule has 0 aliphatic heterocycles. The molecule has 142 valence electrons. The molecule has 0 N–H and O–H groups in total. The Morgan fingerprint density at radius 3 is 2.36 bits per heavy atom. The fourth-order valence-electron chi connectivity index (χ4n) is 2.64. The van der Waals surface area contributed by atoms with Crippen molar-refractivity contribution in [3.8, 4) is 23.3 Å². The van der Waals surface area contributed by atoms with Gasteiger partial charge in [-0.2, -0.15) is 5.26 Å². The molecule has 28 heavy (non-hydrogen) atoms. The number of hydrogen-bond donors (Lipinski definition) is 0. The predicted molar refractivity (Wildman–Crippen MR) is 111 cm³/mol. The van der Waals surface area contributed by atoms with Gasteiger partial charge in [0.25, 0.3) is 0 Å². The van der Waals surface area contributed by atoms with Crippen LogP contribution in [0.25, 0.3) is 11.6 Å². The number of nitrogens with zero attached hydrogens (tertiary/aromatic N) is 2. The van der Waals surface area contributed by atoms with Crippen LogP contribution in [0.3, 0.4) is 0 Å². The number of hydrogen-bond acceptors (Lipinski definition) is 6. The largest absolute Gasteiger partial charge is 0.493 e. The summed E-state index contributed by atoms with van der Waals surface area (Å²) in [4.78, 5) is 4.38. The summed E-state index contributed by atoms with van der Waals surface area (Å²) in [7, 11) is 3.15. The van der Waals surface area contributed by atoms with Crippen LogP contribution in [0.2, 0.25) is 0 Å². The third kappa shape index (κ3) is 4.51. The Morgan fingerprint density at radius 1 is 1.14 bits per heavy atom. The Balaban J connectivity index is 1.94. The van der Waals surface area contributed by atoms with Crippen LogP contribution < -0.4 is 14.2 Å². The molecular formula is C22H20N2O3S. The zero-order valence-electron chi connectivity index (χ0n) is 15.9. The van der Waals surface area contributed by atoms with Crippen LogP contribution in [0.4, 0.5) is 0 Å². The van der Waals surface area contributed by atoms with Crippen molar-refractivity contribution in [3.63, 3.8) is 0 Å². The number of rotatable bonds is 7. The molecule has 0 amide bonds. The second kappa shape index (κ2) is 9.07. The molecule has 0 bridgehead atoms. The summed E-state index contributed by atoms with van der Waals surface area (Å²) in [6.45, 7) is 2.30. The van der Waals surface area contributed by atoms with E-state index in [0.29, 0.717) is 34.4 Å². The average Bonchev–Trinajstić information content (AvgIpc) is 3.17. The van der Waals surface area contributed by atoms with Gasteiger partial charge in [0.1, 0.15) is 17.7 Å². The van der Waals surface area contributed by atoms with Crippen LogP contribution >= 0.6 is 11.3 Å². The molecule has 3 aromatic rings. The van der Waals surface area contributed by atoms with Crippen molar-refractivity contribution in [1.29, 1.82) is 5.26 Å². The molecule has 0 radical (unpaired) electrons. The van der Waals surface area contributed by atoms with E-state index < -0.39 is 0 Å². The number of benzene rings is 2. The Labute approximate surface area is 168 Å². The molecular weight excluding hydrogens is 372 g/mol. The SMILES string of the molecule is COc1cc(/C=C(\C#N)c2nc(C)cs2)cc(OC)c1OCc1ccccc1. The van der Waals surface area contributed by atoms with E-state index in [9.17, 15) is 5.26 Å². The summed E-state index contributed by atoms with van der Waals surface area (Å²) in [5.74, 6) is 1.60.